The van der Waals surface area contributed by atoms with Crippen molar-refractivity contribution >= 4 is 21.8 Å². The zero-order valence-electron chi connectivity index (χ0n) is 13.3. The Morgan fingerprint density at radius 1 is 1.08 bits per heavy atom. The molecule has 3 nitrogen and oxygen atoms in total. The van der Waals surface area contributed by atoms with Crippen molar-refractivity contribution in [3.63, 3.8) is 0 Å². The summed E-state index contributed by atoms with van der Waals surface area (Å²) in [4.78, 5) is 0. The maximum atomic E-state index is 13.3. The van der Waals surface area contributed by atoms with Gasteiger partial charge >= 0.3 is 0 Å². The summed E-state index contributed by atoms with van der Waals surface area (Å²) in [5.74, 6) is 0.214. The number of nitrogens with zero attached hydrogens (tertiary/aromatic N) is 1. The van der Waals surface area contributed by atoms with E-state index in [1.165, 1.54) is 17.7 Å². The van der Waals surface area contributed by atoms with Crippen molar-refractivity contribution in [2.45, 2.75) is 17.4 Å². The first-order valence-electron chi connectivity index (χ1n) is 7.93. The molecular formula is C18H20FNO2S2. The molecule has 128 valence electrons. The first-order valence-corrected chi connectivity index (χ1v) is 10.6. The largest absolute Gasteiger partial charge is 0.218 e. The van der Waals surface area contributed by atoms with E-state index in [2.05, 4.69) is 12.1 Å². The lowest BCUT2D eigenvalue weighted by Gasteiger charge is -2.20. The monoisotopic (exact) mass is 365 g/mol. The number of rotatable bonds is 4. The summed E-state index contributed by atoms with van der Waals surface area (Å²) < 4.78 is 40.1. The van der Waals surface area contributed by atoms with Crippen molar-refractivity contribution in [2.75, 3.05) is 18.8 Å². The first kappa shape index (κ1) is 17.5. The molecule has 1 saturated heterocycles. The van der Waals surface area contributed by atoms with Gasteiger partial charge < -0.3 is 0 Å². The third kappa shape index (κ3) is 4.37. The molecule has 2 aromatic carbocycles. The summed E-state index contributed by atoms with van der Waals surface area (Å²) in [7, 11) is -3.43. The smallest absolute Gasteiger partial charge is 0.212 e. The van der Waals surface area contributed by atoms with Crippen LogP contribution in [0.2, 0.25) is 0 Å². The molecule has 1 aliphatic rings. The third-order valence-corrected chi connectivity index (χ3v) is 7.28. The number of halogens is 1. The van der Waals surface area contributed by atoms with Gasteiger partial charge in [0.15, 0.2) is 0 Å². The van der Waals surface area contributed by atoms with E-state index < -0.39 is 15.8 Å². The van der Waals surface area contributed by atoms with E-state index >= 15 is 0 Å². The van der Waals surface area contributed by atoms with Crippen molar-refractivity contribution in [1.29, 1.82) is 0 Å². The standard InChI is InChI=1S/C18H20FNO2S2/c19-17-8-4-5-15(13-17)14-24(21,22)20-10-9-18(23-12-11-20)16-6-2-1-3-7-16/h1-8,13,18H,9-12,14H2. The van der Waals surface area contributed by atoms with Gasteiger partial charge in [-0.25, -0.2) is 17.1 Å². The molecule has 1 aliphatic heterocycles. The molecule has 0 saturated carbocycles. The Balaban J connectivity index is 1.68. The number of benzene rings is 2. The van der Waals surface area contributed by atoms with E-state index in [-0.39, 0.29) is 5.75 Å². The van der Waals surface area contributed by atoms with Gasteiger partial charge in [-0.2, -0.15) is 11.8 Å². The van der Waals surface area contributed by atoms with Gasteiger partial charge in [-0.05, 0) is 29.7 Å². The van der Waals surface area contributed by atoms with E-state index in [0.717, 1.165) is 12.2 Å². The van der Waals surface area contributed by atoms with Crippen molar-refractivity contribution < 1.29 is 12.8 Å². The fraction of sp³-hybridized carbons (Fsp3) is 0.333. The lowest BCUT2D eigenvalue weighted by Crippen LogP contribution is -2.34. The van der Waals surface area contributed by atoms with Crippen LogP contribution in [0.5, 0.6) is 0 Å². The van der Waals surface area contributed by atoms with Crippen LogP contribution >= 0.6 is 11.8 Å². The Labute approximate surface area is 146 Å². The highest BCUT2D eigenvalue weighted by molar-refractivity contribution is 7.99. The average molecular weight is 365 g/mol. The Morgan fingerprint density at radius 2 is 1.88 bits per heavy atom. The minimum absolute atomic E-state index is 0.147. The van der Waals surface area contributed by atoms with E-state index in [4.69, 9.17) is 0 Å². The summed E-state index contributed by atoms with van der Waals surface area (Å²) in [6, 6.07) is 16.0. The van der Waals surface area contributed by atoms with E-state index in [1.807, 2.05) is 18.2 Å². The summed E-state index contributed by atoms with van der Waals surface area (Å²) in [6.07, 6.45) is 0.789. The Hall–Kier alpha value is -1.37. The van der Waals surface area contributed by atoms with Gasteiger partial charge in [0.2, 0.25) is 10.0 Å². The molecule has 24 heavy (non-hydrogen) atoms. The molecule has 0 aliphatic carbocycles. The fourth-order valence-electron chi connectivity index (χ4n) is 2.89. The normalized spacial score (nSPS) is 19.8. The molecule has 0 bridgehead atoms. The first-order chi connectivity index (χ1) is 11.5. The topological polar surface area (TPSA) is 37.4 Å². The molecule has 1 fully saturated rings. The Kier molecular flexibility index (Phi) is 5.58. The van der Waals surface area contributed by atoms with E-state index in [1.54, 1.807) is 28.2 Å². The highest BCUT2D eigenvalue weighted by Crippen LogP contribution is 2.34. The van der Waals surface area contributed by atoms with Gasteiger partial charge in [0.1, 0.15) is 5.82 Å². The van der Waals surface area contributed by atoms with E-state index in [9.17, 15) is 12.8 Å². The molecule has 3 rings (SSSR count). The second kappa shape index (κ2) is 7.68. The second-order valence-electron chi connectivity index (χ2n) is 5.84. The van der Waals surface area contributed by atoms with Crippen LogP contribution in [-0.4, -0.2) is 31.6 Å². The number of hydrogen-bond donors (Lipinski definition) is 0. The molecule has 2 aromatic rings. The molecule has 1 atom stereocenters. The SMILES string of the molecule is O=S(=O)(Cc1cccc(F)c1)N1CCSC(c2ccccc2)CC1. The molecule has 1 heterocycles. The van der Waals surface area contributed by atoms with Crippen LogP contribution in [0.25, 0.3) is 0 Å². The van der Waals surface area contributed by atoms with E-state index in [0.29, 0.717) is 23.9 Å². The maximum absolute atomic E-state index is 13.3. The summed E-state index contributed by atoms with van der Waals surface area (Å²) in [5, 5.41) is 0.320. The Morgan fingerprint density at radius 3 is 2.62 bits per heavy atom. The third-order valence-electron chi connectivity index (χ3n) is 4.10. The van der Waals surface area contributed by atoms with Gasteiger partial charge in [0.25, 0.3) is 0 Å². The lowest BCUT2D eigenvalue weighted by molar-refractivity contribution is 0.427. The van der Waals surface area contributed by atoms with Gasteiger partial charge in [-0.3, -0.25) is 0 Å². The average Bonchev–Trinajstić information content (AvgIpc) is 2.82. The van der Waals surface area contributed by atoms with Crippen LogP contribution in [-0.2, 0) is 15.8 Å². The van der Waals surface area contributed by atoms with Crippen LogP contribution in [0.4, 0.5) is 4.39 Å². The predicted molar refractivity (Wildman–Crippen MR) is 96.9 cm³/mol. The van der Waals surface area contributed by atoms with Crippen molar-refractivity contribution in [1.82, 2.24) is 4.31 Å². The van der Waals surface area contributed by atoms with Gasteiger partial charge in [-0.1, -0.05) is 42.5 Å². The minimum Gasteiger partial charge on any atom is -0.212 e. The van der Waals surface area contributed by atoms with Crippen LogP contribution in [0.3, 0.4) is 0 Å². The zero-order chi connectivity index (χ0) is 17.0. The molecule has 1 unspecified atom stereocenters. The zero-order valence-corrected chi connectivity index (χ0v) is 14.9. The van der Waals surface area contributed by atoms with Gasteiger partial charge in [-0.15, -0.1) is 0 Å². The second-order valence-corrected chi connectivity index (χ2v) is 9.12. The maximum Gasteiger partial charge on any atom is 0.218 e. The highest BCUT2D eigenvalue weighted by Gasteiger charge is 2.27. The molecule has 0 radical (unpaired) electrons. The number of sulfonamides is 1. The molecule has 6 heteroatoms. The minimum atomic E-state index is -3.43. The molecular weight excluding hydrogens is 345 g/mol. The lowest BCUT2D eigenvalue weighted by atomic mass is 10.1. The van der Waals surface area contributed by atoms with Crippen LogP contribution in [0, 0.1) is 5.82 Å². The quantitative estimate of drug-likeness (QED) is 0.826. The highest BCUT2D eigenvalue weighted by atomic mass is 32.2. The summed E-state index contributed by atoms with van der Waals surface area (Å²) in [6.45, 7) is 1.01. The van der Waals surface area contributed by atoms with Crippen molar-refractivity contribution in [3.8, 4) is 0 Å². The Bertz CT molecular complexity index is 781. The van der Waals surface area contributed by atoms with Gasteiger partial charge in [0.05, 0.1) is 5.75 Å². The molecule has 0 spiro atoms. The fourth-order valence-corrected chi connectivity index (χ4v) is 5.77. The number of thioether (sulfide) groups is 1. The van der Waals surface area contributed by atoms with Crippen LogP contribution in [0.15, 0.2) is 54.6 Å². The molecule has 0 amide bonds. The number of hydrogen-bond acceptors (Lipinski definition) is 3. The summed E-state index contributed by atoms with van der Waals surface area (Å²) in [5.41, 5.74) is 1.73. The summed E-state index contributed by atoms with van der Waals surface area (Å²) >= 11 is 1.80. The molecule has 0 aromatic heterocycles. The predicted octanol–water partition coefficient (Wildman–Crippen LogP) is 3.84. The van der Waals surface area contributed by atoms with Crippen LogP contribution < -0.4 is 0 Å². The van der Waals surface area contributed by atoms with Gasteiger partial charge in [0, 0.05) is 24.1 Å². The van der Waals surface area contributed by atoms with Crippen molar-refractivity contribution in [2.24, 2.45) is 0 Å². The molecule has 0 N–H and O–H groups in total. The van der Waals surface area contributed by atoms with Crippen molar-refractivity contribution in [3.05, 3.63) is 71.5 Å². The van der Waals surface area contributed by atoms with Crippen LogP contribution in [0.1, 0.15) is 22.8 Å².